The SMILES string of the molecule is O=C(Nc1ccccc1C(=O)OC/C(=N\O)c1ccccc1)c1ccc([N+](=O)[O-])cc1. The monoisotopic (exact) mass is 419 g/mol. The van der Waals surface area contributed by atoms with Gasteiger partial charge in [-0.25, -0.2) is 4.79 Å². The maximum Gasteiger partial charge on any atom is 0.340 e. The molecule has 0 spiro atoms. The molecule has 0 bridgehead atoms. The molecule has 1 amide bonds. The van der Waals surface area contributed by atoms with Crippen molar-refractivity contribution in [3.05, 3.63) is 106 Å². The highest BCUT2D eigenvalue weighted by molar-refractivity contribution is 6.08. The molecular weight excluding hydrogens is 402 g/mol. The number of oxime groups is 1. The van der Waals surface area contributed by atoms with Crippen LogP contribution in [0.3, 0.4) is 0 Å². The molecule has 0 aliphatic carbocycles. The Morgan fingerprint density at radius 3 is 2.23 bits per heavy atom. The van der Waals surface area contributed by atoms with Gasteiger partial charge >= 0.3 is 5.97 Å². The molecule has 0 saturated carbocycles. The van der Waals surface area contributed by atoms with E-state index in [1.165, 1.54) is 36.4 Å². The van der Waals surface area contributed by atoms with Gasteiger partial charge in [0.15, 0.2) is 0 Å². The smallest absolute Gasteiger partial charge is 0.340 e. The van der Waals surface area contributed by atoms with E-state index in [1.807, 2.05) is 0 Å². The van der Waals surface area contributed by atoms with Crippen LogP contribution in [0.4, 0.5) is 11.4 Å². The maximum atomic E-state index is 12.6. The van der Waals surface area contributed by atoms with Crippen LogP contribution in [0.1, 0.15) is 26.3 Å². The molecule has 0 unspecified atom stereocenters. The number of ether oxygens (including phenoxy) is 1. The van der Waals surface area contributed by atoms with Gasteiger partial charge < -0.3 is 15.3 Å². The molecule has 0 aliphatic heterocycles. The Balaban J connectivity index is 1.71. The molecule has 3 aromatic carbocycles. The molecule has 0 radical (unpaired) electrons. The summed E-state index contributed by atoms with van der Waals surface area (Å²) in [6.45, 7) is -0.274. The molecule has 2 N–H and O–H groups in total. The highest BCUT2D eigenvalue weighted by Crippen LogP contribution is 2.19. The minimum absolute atomic E-state index is 0.100. The molecule has 3 rings (SSSR count). The van der Waals surface area contributed by atoms with Crippen molar-refractivity contribution in [3.8, 4) is 0 Å². The van der Waals surface area contributed by atoms with Gasteiger partial charge in [0.25, 0.3) is 11.6 Å². The Kier molecular flexibility index (Phi) is 6.69. The molecule has 0 fully saturated rings. The number of carbonyl (C=O) groups is 2. The van der Waals surface area contributed by atoms with Crippen LogP contribution in [-0.2, 0) is 4.74 Å². The zero-order valence-corrected chi connectivity index (χ0v) is 16.1. The second-order valence-corrected chi connectivity index (χ2v) is 6.29. The van der Waals surface area contributed by atoms with E-state index in [-0.39, 0.29) is 34.8 Å². The summed E-state index contributed by atoms with van der Waals surface area (Å²) in [5.74, 6) is -1.27. The van der Waals surface area contributed by atoms with Gasteiger partial charge in [0.2, 0.25) is 0 Å². The lowest BCUT2D eigenvalue weighted by atomic mass is 10.1. The lowest BCUT2D eigenvalue weighted by molar-refractivity contribution is -0.384. The van der Waals surface area contributed by atoms with Crippen LogP contribution >= 0.6 is 0 Å². The highest BCUT2D eigenvalue weighted by Gasteiger charge is 2.17. The fraction of sp³-hybridized carbons (Fsp3) is 0.0455. The van der Waals surface area contributed by atoms with Gasteiger partial charge in [0, 0.05) is 23.3 Å². The summed E-state index contributed by atoms with van der Waals surface area (Å²) in [6, 6.07) is 20.0. The predicted octanol–water partition coefficient (Wildman–Crippen LogP) is 3.88. The Labute approximate surface area is 176 Å². The van der Waals surface area contributed by atoms with Crippen molar-refractivity contribution in [1.29, 1.82) is 0 Å². The average Bonchev–Trinajstić information content (AvgIpc) is 2.80. The van der Waals surface area contributed by atoms with E-state index in [1.54, 1.807) is 42.5 Å². The number of rotatable bonds is 7. The van der Waals surface area contributed by atoms with Crippen LogP contribution in [0.5, 0.6) is 0 Å². The first-order valence-corrected chi connectivity index (χ1v) is 9.08. The summed E-state index contributed by atoms with van der Waals surface area (Å²) in [5.41, 5.74) is 1.12. The van der Waals surface area contributed by atoms with E-state index in [0.717, 1.165) is 0 Å². The summed E-state index contributed by atoms with van der Waals surface area (Å²) >= 11 is 0. The van der Waals surface area contributed by atoms with Crippen molar-refractivity contribution >= 4 is 29.0 Å². The molecule has 0 saturated heterocycles. The van der Waals surface area contributed by atoms with E-state index < -0.39 is 16.8 Å². The van der Waals surface area contributed by atoms with Gasteiger partial charge in [-0.15, -0.1) is 0 Å². The zero-order chi connectivity index (χ0) is 22.2. The number of hydrogen-bond acceptors (Lipinski definition) is 7. The molecule has 31 heavy (non-hydrogen) atoms. The molecule has 0 atom stereocenters. The first kappa shape index (κ1) is 21.2. The number of carbonyl (C=O) groups excluding carboxylic acids is 2. The minimum atomic E-state index is -0.725. The lowest BCUT2D eigenvalue weighted by Gasteiger charge is -2.11. The normalized spacial score (nSPS) is 10.9. The Hall–Kier alpha value is -4.53. The fourth-order valence-electron chi connectivity index (χ4n) is 2.71. The third kappa shape index (κ3) is 5.30. The predicted molar refractivity (Wildman–Crippen MR) is 113 cm³/mol. The standard InChI is InChI=1S/C22H17N3O6/c26-21(16-10-12-17(13-11-16)25(29)30)23-19-9-5-4-8-18(19)22(27)31-14-20(24-28)15-6-2-1-3-7-15/h1-13,28H,14H2,(H,23,26)/b24-20+. The van der Waals surface area contributed by atoms with E-state index in [9.17, 15) is 24.9 Å². The maximum absolute atomic E-state index is 12.6. The van der Waals surface area contributed by atoms with Crippen LogP contribution in [0.2, 0.25) is 0 Å². The van der Waals surface area contributed by atoms with Crippen molar-refractivity contribution < 1.29 is 24.5 Å². The van der Waals surface area contributed by atoms with Crippen molar-refractivity contribution in [3.63, 3.8) is 0 Å². The first-order chi connectivity index (χ1) is 15.0. The fourth-order valence-corrected chi connectivity index (χ4v) is 2.71. The summed E-state index contributed by atoms with van der Waals surface area (Å²) in [6.07, 6.45) is 0. The number of anilines is 1. The number of non-ortho nitro benzene ring substituents is 1. The van der Waals surface area contributed by atoms with E-state index >= 15 is 0 Å². The largest absolute Gasteiger partial charge is 0.455 e. The van der Waals surface area contributed by atoms with Gasteiger partial charge in [-0.1, -0.05) is 47.6 Å². The van der Waals surface area contributed by atoms with Crippen LogP contribution in [0.25, 0.3) is 0 Å². The number of nitro groups is 1. The van der Waals surface area contributed by atoms with Crippen molar-refractivity contribution in [2.45, 2.75) is 0 Å². The zero-order valence-electron chi connectivity index (χ0n) is 16.1. The van der Waals surface area contributed by atoms with Gasteiger partial charge in [0.1, 0.15) is 12.3 Å². The Bertz CT molecular complexity index is 1130. The molecule has 3 aromatic rings. The molecule has 9 heteroatoms. The number of amides is 1. The second-order valence-electron chi connectivity index (χ2n) is 6.29. The average molecular weight is 419 g/mol. The Morgan fingerprint density at radius 1 is 0.935 bits per heavy atom. The van der Waals surface area contributed by atoms with Crippen molar-refractivity contribution in [2.75, 3.05) is 11.9 Å². The molecule has 0 aliphatic rings. The second kappa shape index (κ2) is 9.79. The first-order valence-electron chi connectivity index (χ1n) is 9.08. The van der Waals surface area contributed by atoms with Gasteiger partial charge in [-0.2, -0.15) is 0 Å². The topological polar surface area (TPSA) is 131 Å². The summed E-state index contributed by atoms with van der Waals surface area (Å²) < 4.78 is 5.25. The molecule has 156 valence electrons. The third-order valence-corrected chi connectivity index (χ3v) is 4.30. The number of hydrogen-bond donors (Lipinski definition) is 2. The van der Waals surface area contributed by atoms with Crippen molar-refractivity contribution in [2.24, 2.45) is 5.16 Å². The summed E-state index contributed by atoms with van der Waals surface area (Å²) in [5, 5.41) is 25.7. The summed E-state index contributed by atoms with van der Waals surface area (Å²) in [7, 11) is 0. The highest BCUT2D eigenvalue weighted by atomic mass is 16.6. The minimum Gasteiger partial charge on any atom is -0.455 e. The van der Waals surface area contributed by atoms with E-state index in [4.69, 9.17) is 4.74 Å². The number of benzene rings is 3. The number of para-hydroxylation sites is 1. The molecular formula is C22H17N3O6. The van der Waals surface area contributed by atoms with Crippen LogP contribution < -0.4 is 5.32 Å². The van der Waals surface area contributed by atoms with Crippen LogP contribution in [-0.4, -0.2) is 34.3 Å². The van der Waals surface area contributed by atoms with Crippen LogP contribution in [0, 0.1) is 10.1 Å². The van der Waals surface area contributed by atoms with Gasteiger partial charge in [-0.3, -0.25) is 14.9 Å². The summed E-state index contributed by atoms with van der Waals surface area (Å²) in [4.78, 5) is 35.2. The van der Waals surface area contributed by atoms with E-state index in [0.29, 0.717) is 5.56 Å². The molecule has 0 aromatic heterocycles. The van der Waals surface area contributed by atoms with E-state index in [2.05, 4.69) is 10.5 Å². The number of nitro benzene ring substituents is 1. The number of esters is 1. The Morgan fingerprint density at radius 2 is 1.58 bits per heavy atom. The van der Waals surface area contributed by atoms with Crippen molar-refractivity contribution in [1.82, 2.24) is 0 Å². The quantitative estimate of drug-likeness (QED) is 0.196. The van der Waals surface area contributed by atoms with Gasteiger partial charge in [0.05, 0.1) is 16.2 Å². The van der Waals surface area contributed by atoms with Gasteiger partial charge in [-0.05, 0) is 24.3 Å². The third-order valence-electron chi connectivity index (χ3n) is 4.30. The molecule has 0 heterocycles. The van der Waals surface area contributed by atoms with Crippen LogP contribution in [0.15, 0.2) is 84.0 Å². The number of nitrogens with zero attached hydrogens (tertiary/aromatic N) is 2. The molecule has 9 nitrogen and oxygen atoms in total. The lowest BCUT2D eigenvalue weighted by Crippen LogP contribution is -2.18. The number of nitrogens with one attached hydrogen (secondary N) is 1.